The van der Waals surface area contributed by atoms with Gasteiger partial charge in [-0.05, 0) is 62.8 Å². The van der Waals surface area contributed by atoms with Crippen LogP contribution in [0.1, 0.15) is 50.1 Å². The molecule has 2 atom stereocenters. The van der Waals surface area contributed by atoms with E-state index in [-0.39, 0.29) is 18.6 Å². The fraction of sp³-hybridized carbons (Fsp3) is 0.667. The number of hydrogen-bond donors (Lipinski definition) is 1. The third kappa shape index (κ3) is 4.06. The summed E-state index contributed by atoms with van der Waals surface area (Å²) in [6.07, 6.45) is 6.13. The lowest BCUT2D eigenvalue weighted by Crippen LogP contribution is -2.42. The van der Waals surface area contributed by atoms with Crippen LogP contribution < -0.4 is 9.47 Å². The number of carbonyl (C=O) groups excluding carboxylic acids is 1. The molecule has 1 N–H and O–H groups in total. The van der Waals surface area contributed by atoms with Crippen LogP contribution >= 0.6 is 0 Å². The van der Waals surface area contributed by atoms with Gasteiger partial charge < -0.3 is 19.5 Å². The molecule has 148 valence electrons. The number of amides is 1. The van der Waals surface area contributed by atoms with Crippen molar-refractivity contribution in [3.8, 4) is 11.5 Å². The van der Waals surface area contributed by atoms with Crippen molar-refractivity contribution in [3.05, 3.63) is 23.8 Å². The SMILES string of the molecule is O=C(CN1CCCC1CCCO)N1CCCC1c1ccc2c(c1)OCCO2. The molecule has 3 aliphatic rings. The second-order valence-corrected chi connectivity index (χ2v) is 7.78. The lowest BCUT2D eigenvalue weighted by Gasteiger charge is -2.30. The van der Waals surface area contributed by atoms with Gasteiger partial charge in [0.1, 0.15) is 13.2 Å². The minimum absolute atomic E-state index is 0.131. The Kier molecular flexibility index (Phi) is 5.83. The molecule has 1 aromatic carbocycles. The highest BCUT2D eigenvalue weighted by Crippen LogP contribution is 2.38. The third-order valence-corrected chi connectivity index (χ3v) is 6.06. The number of fused-ring (bicyclic) bond motifs is 1. The fourth-order valence-corrected chi connectivity index (χ4v) is 4.70. The lowest BCUT2D eigenvalue weighted by atomic mass is 10.0. The highest BCUT2D eigenvalue weighted by molar-refractivity contribution is 5.79. The van der Waals surface area contributed by atoms with E-state index in [4.69, 9.17) is 14.6 Å². The van der Waals surface area contributed by atoms with Crippen LogP contribution in [0.5, 0.6) is 11.5 Å². The van der Waals surface area contributed by atoms with E-state index in [9.17, 15) is 4.79 Å². The van der Waals surface area contributed by atoms with E-state index >= 15 is 0 Å². The van der Waals surface area contributed by atoms with Crippen molar-refractivity contribution in [1.29, 1.82) is 0 Å². The highest BCUT2D eigenvalue weighted by atomic mass is 16.6. The topological polar surface area (TPSA) is 62.2 Å². The van der Waals surface area contributed by atoms with Gasteiger partial charge in [0.15, 0.2) is 11.5 Å². The van der Waals surface area contributed by atoms with Gasteiger partial charge in [0, 0.05) is 19.2 Å². The van der Waals surface area contributed by atoms with E-state index in [1.165, 1.54) is 0 Å². The van der Waals surface area contributed by atoms with Gasteiger partial charge in [-0.25, -0.2) is 0 Å². The van der Waals surface area contributed by atoms with E-state index < -0.39 is 0 Å². The zero-order valence-corrected chi connectivity index (χ0v) is 15.9. The number of nitrogens with zero attached hydrogens (tertiary/aromatic N) is 2. The number of ether oxygens (including phenoxy) is 2. The predicted molar refractivity (Wildman–Crippen MR) is 102 cm³/mol. The van der Waals surface area contributed by atoms with E-state index in [1.807, 2.05) is 17.0 Å². The van der Waals surface area contributed by atoms with Crippen molar-refractivity contribution in [1.82, 2.24) is 9.80 Å². The monoisotopic (exact) mass is 374 g/mol. The summed E-state index contributed by atoms with van der Waals surface area (Å²) >= 11 is 0. The van der Waals surface area contributed by atoms with Gasteiger partial charge >= 0.3 is 0 Å². The molecule has 6 nitrogen and oxygen atoms in total. The van der Waals surface area contributed by atoms with Crippen LogP contribution in [-0.4, -0.2) is 66.3 Å². The quantitative estimate of drug-likeness (QED) is 0.828. The lowest BCUT2D eigenvalue weighted by molar-refractivity contribution is -0.133. The molecule has 0 aromatic heterocycles. The molecule has 3 heterocycles. The average Bonchev–Trinajstić information content (AvgIpc) is 3.35. The minimum Gasteiger partial charge on any atom is -0.486 e. The minimum atomic E-state index is 0.131. The summed E-state index contributed by atoms with van der Waals surface area (Å²) in [5.41, 5.74) is 1.14. The van der Waals surface area contributed by atoms with E-state index in [0.29, 0.717) is 25.8 Å². The average molecular weight is 374 g/mol. The summed E-state index contributed by atoms with van der Waals surface area (Å²) in [4.78, 5) is 17.4. The van der Waals surface area contributed by atoms with Crippen LogP contribution in [0, 0.1) is 0 Å². The molecule has 1 aromatic rings. The first-order valence-corrected chi connectivity index (χ1v) is 10.3. The van der Waals surface area contributed by atoms with Crippen molar-refractivity contribution < 1.29 is 19.4 Å². The Labute approximate surface area is 161 Å². The molecule has 3 aliphatic heterocycles. The first kappa shape index (κ1) is 18.6. The molecule has 4 rings (SSSR count). The van der Waals surface area contributed by atoms with Gasteiger partial charge in [-0.1, -0.05) is 6.07 Å². The van der Waals surface area contributed by atoms with Gasteiger partial charge in [-0.2, -0.15) is 0 Å². The Balaban J connectivity index is 1.42. The number of hydrogen-bond acceptors (Lipinski definition) is 5. The molecule has 2 saturated heterocycles. The third-order valence-electron chi connectivity index (χ3n) is 6.06. The van der Waals surface area contributed by atoms with Gasteiger partial charge in [0.05, 0.1) is 12.6 Å². The molecule has 0 bridgehead atoms. The molecular weight excluding hydrogens is 344 g/mol. The summed E-state index contributed by atoms with van der Waals surface area (Å²) in [5.74, 6) is 1.81. The van der Waals surface area contributed by atoms with Crippen LogP contribution in [-0.2, 0) is 4.79 Å². The number of aliphatic hydroxyl groups is 1. The van der Waals surface area contributed by atoms with Crippen LogP contribution in [0.2, 0.25) is 0 Å². The van der Waals surface area contributed by atoms with E-state index in [0.717, 1.165) is 68.7 Å². The van der Waals surface area contributed by atoms with Gasteiger partial charge in [0.2, 0.25) is 5.91 Å². The number of aliphatic hydroxyl groups excluding tert-OH is 1. The Morgan fingerprint density at radius 1 is 1.11 bits per heavy atom. The van der Waals surface area contributed by atoms with Crippen molar-refractivity contribution in [2.24, 2.45) is 0 Å². The number of benzene rings is 1. The number of likely N-dealkylation sites (tertiary alicyclic amines) is 2. The molecule has 27 heavy (non-hydrogen) atoms. The Morgan fingerprint density at radius 2 is 1.93 bits per heavy atom. The summed E-state index contributed by atoms with van der Waals surface area (Å²) in [7, 11) is 0. The van der Waals surface area contributed by atoms with Crippen molar-refractivity contribution in [2.75, 3.05) is 39.5 Å². The van der Waals surface area contributed by atoms with E-state index in [1.54, 1.807) is 0 Å². The highest BCUT2D eigenvalue weighted by Gasteiger charge is 2.33. The first-order chi connectivity index (χ1) is 13.3. The molecule has 2 unspecified atom stereocenters. The van der Waals surface area contributed by atoms with Crippen LogP contribution in [0.15, 0.2) is 18.2 Å². The molecule has 0 aliphatic carbocycles. The van der Waals surface area contributed by atoms with Gasteiger partial charge in [-0.15, -0.1) is 0 Å². The maximum atomic E-state index is 13.1. The molecule has 0 radical (unpaired) electrons. The standard InChI is InChI=1S/C21H30N2O4/c24-11-3-5-17-4-1-9-22(17)15-21(25)23-10-2-6-18(23)16-7-8-19-20(14-16)27-13-12-26-19/h7-8,14,17-18,24H,1-6,9-13,15H2. The van der Waals surface area contributed by atoms with Gasteiger partial charge in [0.25, 0.3) is 0 Å². The predicted octanol–water partition coefficient (Wildman–Crippen LogP) is 2.36. The first-order valence-electron chi connectivity index (χ1n) is 10.3. The zero-order valence-electron chi connectivity index (χ0n) is 15.9. The largest absolute Gasteiger partial charge is 0.486 e. The van der Waals surface area contributed by atoms with Crippen LogP contribution in [0.4, 0.5) is 0 Å². The van der Waals surface area contributed by atoms with Crippen molar-refractivity contribution in [3.63, 3.8) is 0 Å². The summed E-state index contributed by atoms with van der Waals surface area (Å²) in [6, 6.07) is 6.66. The molecule has 2 fully saturated rings. The summed E-state index contributed by atoms with van der Waals surface area (Å²) in [5, 5.41) is 9.10. The van der Waals surface area contributed by atoms with Crippen molar-refractivity contribution >= 4 is 5.91 Å². The number of rotatable bonds is 6. The Morgan fingerprint density at radius 3 is 2.78 bits per heavy atom. The van der Waals surface area contributed by atoms with E-state index in [2.05, 4.69) is 11.0 Å². The Bertz CT molecular complexity index is 666. The Hall–Kier alpha value is -1.79. The van der Waals surface area contributed by atoms with Gasteiger partial charge in [-0.3, -0.25) is 9.69 Å². The maximum Gasteiger partial charge on any atom is 0.237 e. The van der Waals surface area contributed by atoms with Crippen LogP contribution in [0.25, 0.3) is 0 Å². The van der Waals surface area contributed by atoms with Crippen LogP contribution in [0.3, 0.4) is 0 Å². The second kappa shape index (κ2) is 8.48. The molecule has 1 amide bonds. The second-order valence-electron chi connectivity index (χ2n) is 7.78. The zero-order chi connectivity index (χ0) is 18.6. The maximum absolute atomic E-state index is 13.1. The normalized spacial score (nSPS) is 25.1. The summed E-state index contributed by atoms with van der Waals surface area (Å²) < 4.78 is 11.3. The fourth-order valence-electron chi connectivity index (χ4n) is 4.70. The smallest absolute Gasteiger partial charge is 0.237 e. The molecule has 0 spiro atoms. The molecule has 6 heteroatoms. The molecule has 0 saturated carbocycles. The summed E-state index contributed by atoms with van der Waals surface area (Å²) in [6.45, 7) is 3.72. The molecular formula is C21H30N2O4. The number of carbonyl (C=O) groups is 1. The van der Waals surface area contributed by atoms with Crippen molar-refractivity contribution in [2.45, 2.75) is 50.6 Å².